The van der Waals surface area contributed by atoms with Crippen molar-refractivity contribution in [3.63, 3.8) is 0 Å². The van der Waals surface area contributed by atoms with Gasteiger partial charge in [-0.2, -0.15) is 0 Å². The zero-order valence-corrected chi connectivity index (χ0v) is 20.9. The van der Waals surface area contributed by atoms with Crippen LogP contribution >= 0.6 is 0 Å². The van der Waals surface area contributed by atoms with Crippen molar-refractivity contribution in [1.82, 2.24) is 10.2 Å². The van der Waals surface area contributed by atoms with E-state index in [1.807, 2.05) is 17.0 Å². The Bertz CT molecular complexity index is 971. The van der Waals surface area contributed by atoms with E-state index in [9.17, 15) is 19.1 Å². The van der Waals surface area contributed by atoms with Gasteiger partial charge in [-0.05, 0) is 48.2 Å². The third-order valence-electron chi connectivity index (χ3n) is 7.09. The molecule has 2 aromatic rings. The molecule has 0 aromatic heterocycles. The monoisotopic (exact) mass is 484 g/mol. The highest BCUT2D eigenvalue weighted by Crippen LogP contribution is 2.47. The number of carboxylic acid groups (broad SMARTS) is 1. The summed E-state index contributed by atoms with van der Waals surface area (Å²) in [5.74, 6) is -2.08. The van der Waals surface area contributed by atoms with E-state index in [1.54, 1.807) is 31.4 Å². The first-order valence-electron chi connectivity index (χ1n) is 12.5. The minimum absolute atomic E-state index is 0.0292. The Balaban J connectivity index is 2.04. The fraction of sp³-hybridized carbons (Fsp3) is 0.500. The van der Waals surface area contributed by atoms with Gasteiger partial charge in [0.15, 0.2) is 0 Å². The molecule has 0 saturated carbocycles. The van der Waals surface area contributed by atoms with E-state index in [0.717, 1.165) is 36.8 Å². The number of carbonyl (C=O) groups excluding carboxylic acids is 1. The van der Waals surface area contributed by atoms with Crippen LogP contribution in [0.15, 0.2) is 48.5 Å². The molecule has 7 heteroatoms. The molecule has 3 rings (SSSR count). The van der Waals surface area contributed by atoms with Crippen LogP contribution in [0, 0.1) is 11.7 Å². The average molecular weight is 485 g/mol. The summed E-state index contributed by atoms with van der Waals surface area (Å²) in [5, 5.41) is 13.9. The zero-order valence-electron chi connectivity index (χ0n) is 20.9. The van der Waals surface area contributed by atoms with E-state index in [-0.39, 0.29) is 18.1 Å². The second-order valence-corrected chi connectivity index (χ2v) is 9.32. The molecule has 1 amide bonds. The van der Waals surface area contributed by atoms with Crippen molar-refractivity contribution in [2.24, 2.45) is 5.92 Å². The molecule has 0 aliphatic carbocycles. The van der Waals surface area contributed by atoms with E-state index >= 15 is 0 Å². The van der Waals surface area contributed by atoms with Crippen LogP contribution in [0.4, 0.5) is 4.39 Å². The number of rotatable bonds is 12. The van der Waals surface area contributed by atoms with Crippen molar-refractivity contribution in [3.8, 4) is 5.75 Å². The lowest BCUT2D eigenvalue weighted by atomic mass is 9.71. The summed E-state index contributed by atoms with van der Waals surface area (Å²) in [6, 6.07) is 13.2. The Morgan fingerprint density at radius 3 is 2.17 bits per heavy atom. The molecule has 0 bridgehead atoms. The summed E-state index contributed by atoms with van der Waals surface area (Å²) in [4.78, 5) is 28.4. The molecule has 0 spiro atoms. The van der Waals surface area contributed by atoms with Gasteiger partial charge in [-0.1, -0.05) is 51.0 Å². The topological polar surface area (TPSA) is 78.9 Å². The molecule has 1 saturated heterocycles. The fourth-order valence-electron chi connectivity index (χ4n) is 5.12. The van der Waals surface area contributed by atoms with E-state index in [1.165, 1.54) is 12.1 Å². The minimum atomic E-state index is -1.11. The SMILES string of the molecule is CCCCN(CCCC)C(=O)C[C@]1(c2ccc(OC)cc2)NC[C@H](c2ccc(F)cc2)[C@@H]1C(=O)O. The summed E-state index contributed by atoms with van der Waals surface area (Å²) in [6.07, 6.45) is 3.78. The predicted molar refractivity (Wildman–Crippen MR) is 134 cm³/mol. The first-order chi connectivity index (χ1) is 16.9. The van der Waals surface area contributed by atoms with E-state index in [2.05, 4.69) is 19.2 Å². The van der Waals surface area contributed by atoms with Gasteiger partial charge in [0.05, 0.1) is 25.0 Å². The largest absolute Gasteiger partial charge is 0.497 e. The normalized spacial score (nSPS) is 21.6. The van der Waals surface area contributed by atoms with Crippen molar-refractivity contribution in [2.75, 3.05) is 26.7 Å². The number of benzene rings is 2. The molecular formula is C28H37FN2O4. The van der Waals surface area contributed by atoms with Crippen molar-refractivity contribution < 1.29 is 23.8 Å². The van der Waals surface area contributed by atoms with Gasteiger partial charge in [0.2, 0.25) is 5.91 Å². The van der Waals surface area contributed by atoms with Gasteiger partial charge in [0, 0.05) is 25.6 Å². The Hall–Kier alpha value is -2.93. The van der Waals surface area contributed by atoms with Crippen LogP contribution in [0.2, 0.25) is 0 Å². The highest BCUT2D eigenvalue weighted by atomic mass is 19.1. The summed E-state index contributed by atoms with van der Waals surface area (Å²) >= 11 is 0. The van der Waals surface area contributed by atoms with Crippen LogP contribution in [-0.4, -0.2) is 48.6 Å². The van der Waals surface area contributed by atoms with Crippen molar-refractivity contribution in [3.05, 3.63) is 65.5 Å². The van der Waals surface area contributed by atoms with Gasteiger partial charge >= 0.3 is 5.97 Å². The second kappa shape index (κ2) is 12.2. The molecule has 1 aliphatic rings. The van der Waals surface area contributed by atoms with Crippen molar-refractivity contribution in [2.45, 2.75) is 57.4 Å². The zero-order chi connectivity index (χ0) is 25.4. The molecule has 6 nitrogen and oxygen atoms in total. The maximum absolute atomic E-state index is 13.7. The van der Waals surface area contributed by atoms with Gasteiger partial charge in [-0.25, -0.2) is 4.39 Å². The number of methoxy groups -OCH3 is 1. The number of nitrogens with zero attached hydrogens (tertiary/aromatic N) is 1. The lowest BCUT2D eigenvalue weighted by Gasteiger charge is -2.37. The maximum atomic E-state index is 13.7. The van der Waals surface area contributed by atoms with Gasteiger partial charge in [-0.3, -0.25) is 9.59 Å². The van der Waals surface area contributed by atoms with E-state index in [4.69, 9.17) is 4.74 Å². The first kappa shape index (κ1) is 26.7. The summed E-state index contributed by atoms with van der Waals surface area (Å²) in [6.45, 7) is 5.87. The number of hydrogen-bond acceptors (Lipinski definition) is 4. The fourth-order valence-corrected chi connectivity index (χ4v) is 5.12. The maximum Gasteiger partial charge on any atom is 0.309 e. The lowest BCUT2D eigenvalue weighted by Crippen LogP contribution is -2.49. The molecule has 2 N–H and O–H groups in total. The molecule has 1 aliphatic heterocycles. The van der Waals surface area contributed by atoms with Gasteiger partial charge < -0.3 is 20.1 Å². The van der Waals surface area contributed by atoms with Crippen LogP contribution in [0.25, 0.3) is 0 Å². The summed E-state index contributed by atoms with van der Waals surface area (Å²) in [5.41, 5.74) is 0.364. The Kier molecular flexibility index (Phi) is 9.26. The van der Waals surface area contributed by atoms with E-state index in [0.29, 0.717) is 25.4 Å². The molecule has 1 heterocycles. The number of amides is 1. The Morgan fingerprint density at radius 2 is 1.66 bits per heavy atom. The molecular weight excluding hydrogens is 447 g/mol. The van der Waals surface area contributed by atoms with Gasteiger partial charge in [-0.15, -0.1) is 0 Å². The highest BCUT2D eigenvalue weighted by molar-refractivity contribution is 5.82. The minimum Gasteiger partial charge on any atom is -0.497 e. The number of ether oxygens (including phenoxy) is 1. The molecule has 1 fully saturated rings. The van der Waals surface area contributed by atoms with Crippen molar-refractivity contribution in [1.29, 1.82) is 0 Å². The highest BCUT2D eigenvalue weighted by Gasteiger charge is 2.55. The second-order valence-electron chi connectivity index (χ2n) is 9.32. The number of unbranched alkanes of at least 4 members (excludes halogenated alkanes) is 2. The number of halogens is 1. The van der Waals surface area contributed by atoms with Gasteiger partial charge in [0.25, 0.3) is 0 Å². The first-order valence-corrected chi connectivity index (χ1v) is 12.5. The lowest BCUT2D eigenvalue weighted by molar-refractivity contribution is -0.145. The summed E-state index contributed by atoms with van der Waals surface area (Å²) in [7, 11) is 1.58. The average Bonchev–Trinajstić information content (AvgIpc) is 3.25. The van der Waals surface area contributed by atoms with Crippen LogP contribution in [0.1, 0.15) is 63.0 Å². The molecule has 2 aromatic carbocycles. The molecule has 190 valence electrons. The number of carbonyl (C=O) groups is 2. The van der Waals surface area contributed by atoms with Crippen molar-refractivity contribution >= 4 is 11.9 Å². The molecule has 35 heavy (non-hydrogen) atoms. The van der Waals surface area contributed by atoms with E-state index < -0.39 is 23.3 Å². The van der Waals surface area contributed by atoms with Gasteiger partial charge in [0.1, 0.15) is 11.6 Å². The molecule has 0 radical (unpaired) electrons. The van der Waals surface area contributed by atoms with Crippen LogP contribution in [0.3, 0.4) is 0 Å². The number of carboxylic acids is 1. The number of nitrogens with one attached hydrogen (secondary N) is 1. The number of hydrogen-bond donors (Lipinski definition) is 2. The smallest absolute Gasteiger partial charge is 0.309 e. The Labute approximate surface area is 207 Å². The molecule has 0 unspecified atom stereocenters. The quantitative estimate of drug-likeness (QED) is 0.446. The number of aliphatic carboxylic acids is 1. The standard InChI is InChI=1S/C28H37FN2O4/c1-4-6-16-31(17-7-5-2)25(32)18-28(21-10-14-23(35-3)15-11-21)26(27(33)34)24(19-30-28)20-8-12-22(29)13-9-20/h8-15,24,26,30H,4-7,16-19H2,1-3H3,(H,33,34)/t24-,26-,28-/m1/s1. The Morgan fingerprint density at radius 1 is 1.06 bits per heavy atom. The summed E-state index contributed by atoms with van der Waals surface area (Å²) < 4.78 is 18.9. The third kappa shape index (κ3) is 6.01. The third-order valence-corrected chi connectivity index (χ3v) is 7.09. The molecule has 3 atom stereocenters. The van der Waals surface area contributed by atoms with Crippen LogP contribution in [-0.2, 0) is 15.1 Å². The predicted octanol–water partition coefficient (Wildman–Crippen LogP) is 4.94. The van der Waals surface area contributed by atoms with Crippen LogP contribution < -0.4 is 10.1 Å². The van der Waals surface area contributed by atoms with Crippen LogP contribution in [0.5, 0.6) is 5.75 Å².